The highest BCUT2D eigenvalue weighted by Gasteiger charge is 2.31. The van der Waals surface area contributed by atoms with E-state index in [1.165, 1.54) is 5.56 Å². The lowest BCUT2D eigenvalue weighted by Gasteiger charge is -2.23. The highest BCUT2D eigenvalue weighted by Crippen LogP contribution is 2.35. The Kier molecular flexibility index (Phi) is 4.33. The van der Waals surface area contributed by atoms with E-state index in [9.17, 15) is 4.79 Å². The van der Waals surface area contributed by atoms with Crippen molar-refractivity contribution < 1.29 is 4.79 Å². The number of nitrogens with zero attached hydrogens (tertiary/aromatic N) is 1. The van der Waals surface area contributed by atoms with E-state index in [2.05, 4.69) is 29.8 Å². The average Bonchev–Trinajstić information content (AvgIpc) is 2.67. The molecule has 0 radical (unpaired) electrons. The molecule has 1 aromatic rings. The van der Waals surface area contributed by atoms with Crippen LogP contribution in [0.15, 0.2) is 12.1 Å². The number of aryl methyl sites for hydroxylation is 1. The van der Waals surface area contributed by atoms with Crippen molar-refractivity contribution in [1.82, 2.24) is 0 Å². The van der Waals surface area contributed by atoms with Gasteiger partial charge in [0.25, 0.3) is 0 Å². The zero-order chi connectivity index (χ0) is 13.3. The Bertz CT molecular complexity index is 475. The minimum Gasteiger partial charge on any atom is -0.311 e. The lowest BCUT2D eigenvalue weighted by atomic mass is 10.0. The molecule has 2 rings (SSSR count). The Morgan fingerprint density at radius 2 is 2.11 bits per heavy atom. The van der Waals surface area contributed by atoms with Gasteiger partial charge in [0.05, 0.1) is 5.69 Å². The number of benzene rings is 1. The smallest absolute Gasteiger partial charge is 0.228 e. The maximum absolute atomic E-state index is 12.1. The summed E-state index contributed by atoms with van der Waals surface area (Å²) in [6.07, 6.45) is 2.33. The third-order valence-corrected chi connectivity index (χ3v) is 4.36. The van der Waals surface area contributed by atoms with Crippen LogP contribution in [0.4, 0.5) is 5.69 Å². The number of rotatable bonds is 3. The van der Waals surface area contributed by atoms with Crippen LogP contribution in [0.25, 0.3) is 0 Å². The summed E-state index contributed by atoms with van der Waals surface area (Å²) in [4.78, 5) is 14.2. The second kappa shape index (κ2) is 5.62. The molecule has 1 amide bonds. The Balaban J connectivity index is 2.54. The van der Waals surface area contributed by atoms with E-state index < -0.39 is 0 Å². The van der Waals surface area contributed by atoms with E-state index in [1.54, 1.807) is 0 Å². The summed E-state index contributed by atoms with van der Waals surface area (Å²) in [5.74, 6) is 0.184. The van der Waals surface area contributed by atoms with Gasteiger partial charge in [-0.3, -0.25) is 4.79 Å². The van der Waals surface area contributed by atoms with Crippen molar-refractivity contribution in [2.24, 2.45) is 0 Å². The Hall–Kier alpha value is -0.540. The van der Waals surface area contributed by atoms with Crippen LogP contribution in [0.5, 0.6) is 0 Å². The highest BCUT2D eigenvalue weighted by molar-refractivity contribution is 9.09. The molecule has 0 spiro atoms. The first-order valence-corrected chi connectivity index (χ1v) is 7.62. The van der Waals surface area contributed by atoms with Crippen LogP contribution < -0.4 is 4.90 Å². The van der Waals surface area contributed by atoms with Gasteiger partial charge in [-0.2, -0.15) is 0 Å². The van der Waals surface area contributed by atoms with Crippen molar-refractivity contribution in [2.75, 3.05) is 11.4 Å². The minimum absolute atomic E-state index is 0.184. The second-order valence-electron chi connectivity index (χ2n) is 4.55. The molecule has 0 bridgehead atoms. The Morgan fingerprint density at radius 1 is 1.39 bits per heavy atom. The van der Waals surface area contributed by atoms with E-state index in [0.717, 1.165) is 35.7 Å². The summed E-state index contributed by atoms with van der Waals surface area (Å²) in [5, 5.41) is 0.760. The fourth-order valence-corrected chi connectivity index (χ4v) is 3.35. The number of carbonyl (C=O) groups excluding carboxylic acids is 1. The number of hydrogen-bond acceptors (Lipinski definition) is 1. The van der Waals surface area contributed by atoms with Crippen molar-refractivity contribution in [2.45, 2.75) is 37.9 Å². The van der Waals surface area contributed by atoms with E-state index in [0.29, 0.717) is 6.42 Å². The number of carbonyl (C=O) groups is 1. The lowest BCUT2D eigenvalue weighted by molar-refractivity contribution is -0.117. The first-order valence-electron chi connectivity index (χ1n) is 6.33. The highest BCUT2D eigenvalue weighted by atomic mass is 79.9. The number of anilines is 1. The molecule has 4 heteroatoms. The molecular formula is C14H17BrClNO. The zero-order valence-electron chi connectivity index (χ0n) is 10.7. The van der Waals surface area contributed by atoms with Crippen molar-refractivity contribution in [1.29, 1.82) is 0 Å². The number of alkyl halides is 1. The van der Waals surface area contributed by atoms with Gasteiger partial charge < -0.3 is 4.90 Å². The minimum atomic E-state index is 0.184. The predicted octanol–water partition coefficient (Wildman–Crippen LogP) is 3.97. The van der Waals surface area contributed by atoms with Crippen LogP contribution >= 0.6 is 27.5 Å². The predicted molar refractivity (Wildman–Crippen MR) is 79.9 cm³/mol. The quantitative estimate of drug-likeness (QED) is 0.768. The van der Waals surface area contributed by atoms with Gasteiger partial charge in [0, 0.05) is 22.8 Å². The standard InChI is InChI=1S/C14H17BrClNO/c1-3-9-5-6-12(16)11(4-2)14(9)17-8-10(15)7-13(17)18/h5-6,10H,3-4,7-8H2,1-2H3. The third-order valence-electron chi connectivity index (χ3n) is 3.39. The van der Waals surface area contributed by atoms with E-state index in [1.807, 2.05) is 17.0 Å². The van der Waals surface area contributed by atoms with Gasteiger partial charge in [0.2, 0.25) is 5.91 Å². The molecule has 0 aliphatic carbocycles. The van der Waals surface area contributed by atoms with E-state index >= 15 is 0 Å². The molecule has 1 heterocycles. The van der Waals surface area contributed by atoms with Crippen molar-refractivity contribution >= 4 is 39.1 Å². The van der Waals surface area contributed by atoms with E-state index in [-0.39, 0.29) is 10.7 Å². The summed E-state index contributed by atoms with van der Waals surface area (Å²) in [5.41, 5.74) is 3.33. The summed E-state index contributed by atoms with van der Waals surface area (Å²) < 4.78 is 0. The van der Waals surface area contributed by atoms with Gasteiger partial charge in [-0.15, -0.1) is 0 Å². The maximum Gasteiger partial charge on any atom is 0.228 e. The van der Waals surface area contributed by atoms with Gasteiger partial charge in [-0.05, 0) is 30.0 Å². The largest absolute Gasteiger partial charge is 0.311 e. The summed E-state index contributed by atoms with van der Waals surface area (Å²) in [7, 11) is 0. The second-order valence-corrected chi connectivity index (χ2v) is 6.25. The van der Waals surface area contributed by atoms with Crippen LogP contribution in [-0.2, 0) is 17.6 Å². The fraction of sp³-hybridized carbons (Fsp3) is 0.500. The third kappa shape index (κ3) is 2.43. The number of halogens is 2. The van der Waals surface area contributed by atoms with Crippen LogP contribution in [-0.4, -0.2) is 17.3 Å². The molecule has 98 valence electrons. The molecule has 18 heavy (non-hydrogen) atoms. The van der Waals surface area contributed by atoms with Crippen LogP contribution in [0.3, 0.4) is 0 Å². The number of amides is 1. The van der Waals surface area contributed by atoms with Gasteiger partial charge in [0.15, 0.2) is 0 Å². The zero-order valence-corrected chi connectivity index (χ0v) is 13.0. The maximum atomic E-state index is 12.1. The van der Waals surface area contributed by atoms with Crippen LogP contribution in [0, 0.1) is 0 Å². The van der Waals surface area contributed by atoms with E-state index in [4.69, 9.17) is 11.6 Å². The molecule has 0 saturated carbocycles. The SMILES string of the molecule is CCc1ccc(Cl)c(CC)c1N1CC(Br)CC1=O. The van der Waals surface area contributed by atoms with Crippen molar-refractivity contribution in [3.63, 3.8) is 0 Å². The monoisotopic (exact) mass is 329 g/mol. The molecule has 1 unspecified atom stereocenters. The molecule has 1 fully saturated rings. The van der Waals surface area contributed by atoms with Crippen molar-refractivity contribution in [3.8, 4) is 0 Å². The van der Waals surface area contributed by atoms with Crippen LogP contribution in [0.2, 0.25) is 5.02 Å². The average molecular weight is 331 g/mol. The fourth-order valence-electron chi connectivity index (χ4n) is 2.50. The topological polar surface area (TPSA) is 20.3 Å². The summed E-state index contributed by atoms with van der Waals surface area (Å²) in [6.45, 7) is 4.92. The molecule has 1 aliphatic rings. The lowest BCUT2D eigenvalue weighted by Crippen LogP contribution is -2.27. The molecule has 1 saturated heterocycles. The van der Waals surface area contributed by atoms with Gasteiger partial charge in [-0.1, -0.05) is 47.4 Å². The Morgan fingerprint density at radius 3 is 2.61 bits per heavy atom. The van der Waals surface area contributed by atoms with Gasteiger partial charge in [0.1, 0.15) is 0 Å². The molecule has 0 aromatic heterocycles. The first kappa shape index (κ1) is 13.9. The first-order chi connectivity index (χ1) is 8.58. The molecule has 2 nitrogen and oxygen atoms in total. The number of hydrogen-bond donors (Lipinski definition) is 0. The molecular weight excluding hydrogens is 314 g/mol. The summed E-state index contributed by atoms with van der Waals surface area (Å²) in [6, 6.07) is 3.97. The van der Waals surface area contributed by atoms with Crippen LogP contribution in [0.1, 0.15) is 31.4 Å². The normalized spacial score (nSPS) is 19.7. The van der Waals surface area contributed by atoms with Crippen molar-refractivity contribution in [3.05, 3.63) is 28.3 Å². The van der Waals surface area contributed by atoms with Gasteiger partial charge in [-0.25, -0.2) is 0 Å². The summed E-state index contributed by atoms with van der Waals surface area (Å²) >= 11 is 9.80. The molecule has 1 aliphatic heterocycles. The molecule has 1 atom stereocenters. The molecule has 1 aromatic carbocycles. The molecule has 0 N–H and O–H groups in total. The van der Waals surface area contributed by atoms with Gasteiger partial charge >= 0.3 is 0 Å². The Labute approximate surface area is 121 Å².